The van der Waals surface area contributed by atoms with E-state index in [0.29, 0.717) is 28.4 Å². The van der Waals surface area contributed by atoms with E-state index < -0.39 is 15.9 Å². The normalized spacial score (nSPS) is 11.7. The van der Waals surface area contributed by atoms with Crippen LogP contribution in [-0.2, 0) is 10.0 Å². The second-order valence-electron chi connectivity index (χ2n) is 7.65. The first-order valence-corrected chi connectivity index (χ1v) is 12.2. The Labute approximate surface area is 201 Å². The van der Waals surface area contributed by atoms with E-state index in [-0.39, 0.29) is 20.7 Å². The lowest BCUT2D eigenvalue weighted by Crippen LogP contribution is -2.30. The molecule has 33 heavy (non-hydrogen) atoms. The van der Waals surface area contributed by atoms with Crippen molar-refractivity contribution in [2.45, 2.75) is 24.7 Å². The number of fused-ring (bicyclic) bond motifs is 1. The lowest BCUT2D eigenvalue weighted by molar-refractivity contribution is 0.0956. The van der Waals surface area contributed by atoms with Gasteiger partial charge in [-0.25, -0.2) is 13.1 Å². The number of rotatable bonds is 6. The summed E-state index contributed by atoms with van der Waals surface area (Å²) in [6, 6.07) is 18.2. The van der Waals surface area contributed by atoms with E-state index in [1.165, 1.54) is 29.8 Å². The van der Waals surface area contributed by atoms with Crippen LogP contribution in [-0.4, -0.2) is 14.3 Å². The average Bonchev–Trinajstić information content (AvgIpc) is 3.17. The molecular weight excluding hydrogens is 485 g/mol. The van der Waals surface area contributed by atoms with Gasteiger partial charge in [0, 0.05) is 16.5 Å². The number of ether oxygens (including phenoxy) is 1. The average molecular weight is 504 g/mol. The number of nitrogens with one attached hydrogen (secondary N) is 1. The number of benzene rings is 3. The van der Waals surface area contributed by atoms with E-state index in [1.54, 1.807) is 18.2 Å². The highest BCUT2D eigenvalue weighted by molar-refractivity contribution is 7.90. The predicted molar refractivity (Wildman–Crippen MR) is 128 cm³/mol. The van der Waals surface area contributed by atoms with Gasteiger partial charge in [0.2, 0.25) is 0 Å². The number of sulfonamides is 1. The molecule has 0 aliphatic rings. The molecule has 1 amide bonds. The van der Waals surface area contributed by atoms with Crippen LogP contribution in [0.1, 0.15) is 35.9 Å². The molecule has 0 spiro atoms. The molecule has 0 radical (unpaired) electrons. The largest absolute Gasteiger partial charge is 0.457 e. The van der Waals surface area contributed by atoms with Gasteiger partial charge in [0.05, 0.1) is 5.02 Å². The third kappa shape index (κ3) is 5.16. The number of furan rings is 1. The van der Waals surface area contributed by atoms with E-state index in [4.69, 9.17) is 32.4 Å². The summed E-state index contributed by atoms with van der Waals surface area (Å²) in [4.78, 5) is 12.3. The Hall–Kier alpha value is -3.00. The van der Waals surface area contributed by atoms with Gasteiger partial charge in [0.15, 0.2) is 5.76 Å². The molecule has 1 heterocycles. The van der Waals surface area contributed by atoms with Gasteiger partial charge >= 0.3 is 5.91 Å². The van der Waals surface area contributed by atoms with Gasteiger partial charge in [-0.1, -0.05) is 49.2 Å². The lowest BCUT2D eigenvalue weighted by Gasteiger charge is -2.08. The Kier molecular flexibility index (Phi) is 6.38. The second kappa shape index (κ2) is 9.09. The fourth-order valence-electron chi connectivity index (χ4n) is 3.16. The molecule has 0 unspecified atom stereocenters. The highest BCUT2D eigenvalue weighted by atomic mass is 35.5. The van der Waals surface area contributed by atoms with Crippen LogP contribution in [0.5, 0.6) is 11.5 Å². The maximum Gasteiger partial charge on any atom is 0.300 e. The number of halogens is 2. The molecule has 0 aliphatic heterocycles. The van der Waals surface area contributed by atoms with Gasteiger partial charge in [-0.05, 0) is 60.0 Å². The van der Waals surface area contributed by atoms with Crippen LogP contribution in [0.4, 0.5) is 0 Å². The number of amides is 1. The lowest BCUT2D eigenvalue weighted by atomic mass is 10.0. The van der Waals surface area contributed by atoms with Gasteiger partial charge in [-0.2, -0.15) is 0 Å². The zero-order valence-corrected chi connectivity index (χ0v) is 20.0. The molecule has 0 bridgehead atoms. The highest BCUT2D eigenvalue weighted by Gasteiger charge is 2.24. The van der Waals surface area contributed by atoms with Gasteiger partial charge in [0.1, 0.15) is 22.0 Å². The topological polar surface area (TPSA) is 85.6 Å². The second-order valence-corrected chi connectivity index (χ2v) is 10.1. The molecule has 0 fully saturated rings. The van der Waals surface area contributed by atoms with Gasteiger partial charge in [0.25, 0.3) is 10.0 Å². The van der Waals surface area contributed by atoms with E-state index in [0.717, 1.165) is 0 Å². The van der Waals surface area contributed by atoms with E-state index >= 15 is 0 Å². The molecule has 0 aliphatic carbocycles. The van der Waals surface area contributed by atoms with Crippen molar-refractivity contribution >= 4 is 50.1 Å². The highest BCUT2D eigenvalue weighted by Crippen LogP contribution is 2.29. The molecular formula is C24H19Cl2NO5S. The minimum absolute atomic E-state index is 0.101. The Morgan fingerprint density at radius 2 is 1.64 bits per heavy atom. The van der Waals surface area contributed by atoms with Crippen molar-refractivity contribution in [2.75, 3.05) is 0 Å². The molecule has 1 aromatic heterocycles. The standard InChI is InChI=1S/C24H19Cl2NO5S/c1-14(2)15-3-7-18(8-4-15)31-19-9-5-16-11-22(32-21(16)13-19)24(28)27-33(29,30)23-10-6-17(25)12-20(23)26/h3-14H,1-2H3,(H,27,28). The summed E-state index contributed by atoms with van der Waals surface area (Å²) < 4.78 is 38.5. The van der Waals surface area contributed by atoms with Gasteiger partial charge < -0.3 is 9.15 Å². The first kappa shape index (κ1) is 23.2. The minimum atomic E-state index is -4.23. The van der Waals surface area contributed by atoms with Crippen molar-refractivity contribution < 1.29 is 22.4 Å². The van der Waals surface area contributed by atoms with E-state index in [1.807, 2.05) is 29.0 Å². The summed E-state index contributed by atoms with van der Waals surface area (Å²) in [5.41, 5.74) is 1.58. The third-order valence-electron chi connectivity index (χ3n) is 4.91. The van der Waals surface area contributed by atoms with Crippen molar-refractivity contribution in [3.8, 4) is 11.5 Å². The Balaban J connectivity index is 1.53. The van der Waals surface area contributed by atoms with Crippen LogP contribution < -0.4 is 9.46 Å². The number of hydrogen-bond donors (Lipinski definition) is 1. The summed E-state index contributed by atoms with van der Waals surface area (Å²) in [6.07, 6.45) is 0. The molecule has 1 N–H and O–H groups in total. The quantitative estimate of drug-likeness (QED) is 0.313. The number of carbonyl (C=O) groups excluding carboxylic acids is 1. The Morgan fingerprint density at radius 3 is 2.30 bits per heavy atom. The van der Waals surface area contributed by atoms with Crippen LogP contribution in [0, 0.1) is 0 Å². The van der Waals surface area contributed by atoms with Crippen LogP contribution in [0.15, 0.2) is 76.0 Å². The summed E-state index contributed by atoms with van der Waals surface area (Å²) >= 11 is 11.8. The predicted octanol–water partition coefficient (Wildman–Crippen LogP) is 6.77. The summed E-state index contributed by atoms with van der Waals surface area (Å²) in [5, 5.41) is 0.789. The fourth-order valence-corrected chi connectivity index (χ4v) is 4.89. The van der Waals surface area contributed by atoms with Gasteiger partial charge in [-0.15, -0.1) is 0 Å². The van der Waals surface area contributed by atoms with E-state index in [9.17, 15) is 13.2 Å². The Morgan fingerprint density at radius 1 is 0.939 bits per heavy atom. The molecule has 6 nitrogen and oxygen atoms in total. The fraction of sp³-hybridized carbons (Fsp3) is 0.125. The molecule has 0 saturated carbocycles. The van der Waals surface area contributed by atoms with Crippen LogP contribution in [0.3, 0.4) is 0 Å². The summed E-state index contributed by atoms with van der Waals surface area (Å²) in [7, 11) is -4.23. The molecule has 0 atom stereocenters. The van der Waals surface area contributed by atoms with Crippen molar-refractivity contribution in [1.29, 1.82) is 0 Å². The van der Waals surface area contributed by atoms with Gasteiger partial charge in [-0.3, -0.25) is 4.79 Å². The third-order valence-corrected chi connectivity index (χ3v) is 6.96. The minimum Gasteiger partial charge on any atom is -0.457 e. The molecule has 4 aromatic rings. The van der Waals surface area contributed by atoms with Crippen LogP contribution in [0.25, 0.3) is 11.0 Å². The van der Waals surface area contributed by atoms with Crippen molar-refractivity contribution in [2.24, 2.45) is 0 Å². The van der Waals surface area contributed by atoms with Crippen LogP contribution >= 0.6 is 23.2 Å². The maximum atomic E-state index is 12.6. The first-order valence-electron chi connectivity index (χ1n) is 9.96. The molecule has 170 valence electrons. The zero-order chi connectivity index (χ0) is 23.8. The zero-order valence-electron chi connectivity index (χ0n) is 17.6. The summed E-state index contributed by atoms with van der Waals surface area (Å²) in [6.45, 7) is 4.23. The van der Waals surface area contributed by atoms with E-state index in [2.05, 4.69) is 13.8 Å². The smallest absolute Gasteiger partial charge is 0.300 e. The summed E-state index contributed by atoms with van der Waals surface area (Å²) in [5.74, 6) is 0.500. The molecule has 4 rings (SSSR count). The monoisotopic (exact) mass is 503 g/mol. The molecule has 0 saturated heterocycles. The first-order chi connectivity index (χ1) is 15.6. The Bertz CT molecular complexity index is 1440. The van der Waals surface area contributed by atoms with Crippen molar-refractivity contribution in [3.05, 3.63) is 88.1 Å². The SMILES string of the molecule is CC(C)c1ccc(Oc2ccc3cc(C(=O)NS(=O)(=O)c4ccc(Cl)cc4Cl)oc3c2)cc1. The molecule has 9 heteroatoms. The number of hydrogen-bond acceptors (Lipinski definition) is 5. The number of carbonyl (C=O) groups is 1. The molecule has 3 aromatic carbocycles. The van der Waals surface area contributed by atoms with Crippen molar-refractivity contribution in [1.82, 2.24) is 4.72 Å². The van der Waals surface area contributed by atoms with Crippen LogP contribution in [0.2, 0.25) is 10.0 Å². The van der Waals surface area contributed by atoms with Crippen molar-refractivity contribution in [3.63, 3.8) is 0 Å². The maximum absolute atomic E-state index is 12.6.